The third-order valence-corrected chi connectivity index (χ3v) is 6.71. The molecule has 11 nitrogen and oxygen atoms in total. The molecule has 0 unspecified atom stereocenters. The Labute approximate surface area is 222 Å². The highest BCUT2D eigenvalue weighted by Gasteiger charge is 2.22. The number of nitriles is 1. The second-order valence-corrected chi connectivity index (χ2v) is 9.74. The molecule has 1 aliphatic heterocycles. The van der Waals surface area contributed by atoms with Gasteiger partial charge in [-0.2, -0.15) is 5.26 Å². The van der Waals surface area contributed by atoms with Gasteiger partial charge in [0, 0.05) is 70.9 Å². The number of pyridine rings is 2. The fourth-order valence-corrected chi connectivity index (χ4v) is 4.52. The molecule has 0 saturated carbocycles. The van der Waals surface area contributed by atoms with Crippen molar-refractivity contribution in [2.75, 3.05) is 64.1 Å². The molecule has 0 bridgehead atoms. The fraction of sp³-hybridized carbons (Fsp3) is 0.444. The molecule has 0 radical (unpaired) electrons. The van der Waals surface area contributed by atoms with E-state index in [4.69, 9.17) is 4.74 Å². The highest BCUT2D eigenvalue weighted by atomic mass is 16.5. The van der Waals surface area contributed by atoms with E-state index in [1.165, 1.54) is 6.20 Å². The maximum Gasteiger partial charge on any atom is 0.260 e. The summed E-state index contributed by atoms with van der Waals surface area (Å²) in [6.07, 6.45) is 3.95. The van der Waals surface area contributed by atoms with Gasteiger partial charge in [-0.25, -0.2) is 9.97 Å². The lowest BCUT2D eigenvalue weighted by molar-refractivity contribution is 0.102. The number of rotatable bonds is 10. The molecule has 3 aromatic rings. The van der Waals surface area contributed by atoms with E-state index in [2.05, 4.69) is 43.5 Å². The Kier molecular flexibility index (Phi) is 8.68. The topological polar surface area (TPSA) is 128 Å². The van der Waals surface area contributed by atoms with Gasteiger partial charge in [-0.3, -0.25) is 14.5 Å². The molecule has 11 heteroatoms. The second-order valence-electron chi connectivity index (χ2n) is 9.74. The monoisotopic (exact) mass is 518 g/mol. The molecule has 2 N–H and O–H groups in total. The lowest BCUT2D eigenvalue weighted by Crippen LogP contribution is -2.44. The molecule has 0 atom stereocenters. The van der Waals surface area contributed by atoms with Crippen molar-refractivity contribution in [1.29, 1.82) is 5.26 Å². The number of carbonyl (C=O) groups is 2. The Hall–Kier alpha value is -3.85. The first-order valence-corrected chi connectivity index (χ1v) is 12.7. The van der Waals surface area contributed by atoms with Crippen LogP contribution in [-0.4, -0.2) is 90.0 Å². The third-order valence-electron chi connectivity index (χ3n) is 6.71. The number of hydrogen-bond acceptors (Lipinski definition) is 9. The maximum absolute atomic E-state index is 13.4. The van der Waals surface area contributed by atoms with Crippen LogP contribution in [0.25, 0.3) is 11.0 Å². The molecule has 1 aliphatic rings. The minimum absolute atomic E-state index is 0.0732. The number of nitrogens with zero attached hydrogens (tertiary/aromatic N) is 6. The third kappa shape index (κ3) is 5.99. The lowest BCUT2D eigenvalue weighted by atomic mass is 10.1. The van der Waals surface area contributed by atoms with E-state index >= 15 is 0 Å². The Morgan fingerprint density at radius 3 is 2.68 bits per heavy atom. The van der Waals surface area contributed by atoms with Crippen molar-refractivity contribution in [3.63, 3.8) is 0 Å². The molecule has 4 heterocycles. The standard InChI is InChI=1S/C27H34N8O3/c1-18(2)35-16-21(27(37)32-25-12-22(29-5-10-38-4)20(13-28)14-30-25)26-24(35)11-19(23(17-36)31-26)15-34-8-6-33(3)7-9-34/h11-12,14,16-18H,5-10,15H2,1-4H3,(H2,29,30,32,37). The average molecular weight is 519 g/mol. The number of hydrogen-bond donors (Lipinski definition) is 2. The van der Waals surface area contributed by atoms with Gasteiger partial charge in [-0.15, -0.1) is 0 Å². The highest BCUT2D eigenvalue weighted by Crippen LogP contribution is 2.27. The summed E-state index contributed by atoms with van der Waals surface area (Å²) in [6.45, 7) is 9.47. The van der Waals surface area contributed by atoms with Gasteiger partial charge < -0.3 is 24.8 Å². The van der Waals surface area contributed by atoms with Crippen LogP contribution >= 0.6 is 0 Å². The van der Waals surface area contributed by atoms with Gasteiger partial charge in [-0.05, 0) is 32.5 Å². The Balaban J connectivity index is 1.65. The van der Waals surface area contributed by atoms with Gasteiger partial charge in [-0.1, -0.05) is 0 Å². The van der Waals surface area contributed by atoms with Crippen LogP contribution in [0, 0.1) is 11.3 Å². The van der Waals surface area contributed by atoms with Gasteiger partial charge >= 0.3 is 0 Å². The molecule has 4 rings (SSSR count). The summed E-state index contributed by atoms with van der Waals surface area (Å²) in [4.78, 5) is 38.9. The quantitative estimate of drug-likeness (QED) is 0.307. The Morgan fingerprint density at radius 1 is 1.26 bits per heavy atom. The van der Waals surface area contributed by atoms with Crippen LogP contribution in [0.1, 0.15) is 51.9 Å². The summed E-state index contributed by atoms with van der Waals surface area (Å²) in [5.74, 6) is -0.104. The van der Waals surface area contributed by atoms with Gasteiger partial charge in [0.15, 0.2) is 6.29 Å². The van der Waals surface area contributed by atoms with Crippen molar-refractivity contribution in [2.24, 2.45) is 0 Å². The van der Waals surface area contributed by atoms with Crippen LogP contribution in [0.4, 0.5) is 11.5 Å². The van der Waals surface area contributed by atoms with Crippen LogP contribution in [-0.2, 0) is 11.3 Å². The summed E-state index contributed by atoms with van der Waals surface area (Å²) in [5, 5.41) is 15.3. The van der Waals surface area contributed by atoms with Crippen LogP contribution in [0.3, 0.4) is 0 Å². The van der Waals surface area contributed by atoms with Crippen molar-refractivity contribution < 1.29 is 14.3 Å². The molecule has 3 aromatic heterocycles. The van der Waals surface area contributed by atoms with Crippen LogP contribution in [0.2, 0.25) is 0 Å². The van der Waals surface area contributed by atoms with E-state index < -0.39 is 5.91 Å². The number of piperazine rings is 1. The van der Waals surface area contributed by atoms with Gasteiger partial charge in [0.05, 0.1) is 28.9 Å². The van der Waals surface area contributed by atoms with Crippen LogP contribution < -0.4 is 10.6 Å². The van der Waals surface area contributed by atoms with Crippen molar-refractivity contribution in [3.05, 3.63) is 46.9 Å². The molecule has 0 aliphatic carbocycles. The van der Waals surface area contributed by atoms with Crippen molar-refractivity contribution >= 4 is 34.7 Å². The zero-order chi connectivity index (χ0) is 27.2. The van der Waals surface area contributed by atoms with Crippen LogP contribution in [0.5, 0.6) is 0 Å². The van der Waals surface area contributed by atoms with Crippen molar-refractivity contribution in [1.82, 2.24) is 24.3 Å². The van der Waals surface area contributed by atoms with E-state index in [1.807, 2.05) is 24.5 Å². The fourth-order valence-electron chi connectivity index (χ4n) is 4.52. The maximum atomic E-state index is 13.4. The number of ether oxygens (including phenoxy) is 1. The van der Waals surface area contributed by atoms with Crippen molar-refractivity contribution in [3.8, 4) is 6.07 Å². The van der Waals surface area contributed by atoms with Gasteiger partial charge in [0.2, 0.25) is 0 Å². The molecule has 1 amide bonds. The summed E-state index contributed by atoms with van der Waals surface area (Å²) < 4.78 is 7.06. The number of fused-ring (bicyclic) bond motifs is 1. The number of anilines is 2. The predicted octanol–water partition coefficient (Wildman–Crippen LogP) is 2.75. The number of likely N-dealkylation sites (N-methyl/N-ethyl adjacent to an activating group) is 1. The smallest absolute Gasteiger partial charge is 0.260 e. The molecule has 0 spiro atoms. The first kappa shape index (κ1) is 27.2. The van der Waals surface area contributed by atoms with Crippen LogP contribution in [0.15, 0.2) is 24.5 Å². The van der Waals surface area contributed by atoms with E-state index in [-0.39, 0.29) is 6.04 Å². The average Bonchev–Trinajstić information content (AvgIpc) is 3.28. The van der Waals surface area contributed by atoms with Gasteiger partial charge in [0.1, 0.15) is 23.1 Å². The molecule has 38 heavy (non-hydrogen) atoms. The summed E-state index contributed by atoms with van der Waals surface area (Å²) in [5.41, 5.74) is 3.72. The number of amides is 1. The molecule has 1 saturated heterocycles. The summed E-state index contributed by atoms with van der Waals surface area (Å²) in [6, 6.07) is 5.77. The molecular weight excluding hydrogens is 484 g/mol. The number of aldehydes is 1. The number of methoxy groups -OCH3 is 1. The number of aromatic nitrogens is 3. The minimum Gasteiger partial charge on any atom is -0.383 e. The van der Waals surface area contributed by atoms with Gasteiger partial charge in [0.25, 0.3) is 5.91 Å². The predicted molar refractivity (Wildman–Crippen MR) is 146 cm³/mol. The largest absolute Gasteiger partial charge is 0.383 e. The summed E-state index contributed by atoms with van der Waals surface area (Å²) in [7, 11) is 3.70. The highest BCUT2D eigenvalue weighted by molar-refractivity contribution is 6.12. The zero-order valence-electron chi connectivity index (χ0n) is 22.3. The lowest BCUT2D eigenvalue weighted by Gasteiger charge is -2.32. The Bertz CT molecular complexity index is 1350. The normalized spacial score (nSPS) is 14.5. The Morgan fingerprint density at radius 2 is 2.03 bits per heavy atom. The molecular formula is C27H34N8O3. The zero-order valence-corrected chi connectivity index (χ0v) is 22.3. The SMILES string of the molecule is COCCNc1cc(NC(=O)c2cn(C(C)C)c3cc(CN4CCN(C)CC4)c(C=O)nc23)ncc1C#N. The van der Waals surface area contributed by atoms with Crippen molar-refractivity contribution in [2.45, 2.75) is 26.4 Å². The van der Waals surface area contributed by atoms with E-state index in [1.54, 1.807) is 19.4 Å². The first-order chi connectivity index (χ1) is 18.3. The number of nitrogens with one attached hydrogen (secondary N) is 2. The minimum atomic E-state index is -0.398. The molecule has 200 valence electrons. The summed E-state index contributed by atoms with van der Waals surface area (Å²) >= 11 is 0. The number of carbonyl (C=O) groups excluding carboxylic acids is 2. The van der Waals surface area contributed by atoms with E-state index in [0.29, 0.717) is 53.5 Å². The van der Waals surface area contributed by atoms with E-state index in [9.17, 15) is 14.9 Å². The first-order valence-electron chi connectivity index (χ1n) is 12.7. The molecule has 1 fully saturated rings. The second kappa shape index (κ2) is 12.1. The van der Waals surface area contributed by atoms with E-state index in [0.717, 1.165) is 43.5 Å². The molecule has 0 aromatic carbocycles.